The summed E-state index contributed by atoms with van der Waals surface area (Å²) in [5.74, 6) is 0.442. The molecule has 1 saturated heterocycles. The van der Waals surface area contributed by atoms with Gasteiger partial charge in [-0.3, -0.25) is 9.36 Å². The van der Waals surface area contributed by atoms with Gasteiger partial charge in [-0.1, -0.05) is 54.1 Å². The number of pyridine rings is 1. The van der Waals surface area contributed by atoms with E-state index in [1.165, 1.54) is 5.69 Å². The molecule has 1 fully saturated rings. The van der Waals surface area contributed by atoms with Crippen LogP contribution in [0.3, 0.4) is 0 Å². The molecule has 5 aromatic rings. The van der Waals surface area contributed by atoms with E-state index in [9.17, 15) is 4.79 Å². The molecule has 196 valence electrons. The van der Waals surface area contributed by atoms with Crippen molar-refractivity contribution in [1.82, 2.24) is 19.9 Å². The van der Waals surface area contributed by atoms with Crippen molar-refractivity contribution in [2.45, 2.75) is 13.5 Å². The van der Waals surface area contributed by atoms with Crippen molar-refractivity contribution in [3.05, 3.63) is 100 Å². The van der Waals surface area contributed by atoms with Crippen molar-refractivity contribution >= 4 is 40.0 Å². The van der Waals surface area contributed by atoms with Gasteiger partial charge in [0.25, 0.3) is 5.56 Å². The van der Waals surface area contributed by atoms with Crippen LogP contribution in [-0.2, 0) is 6.54 Å². The van der Waals surface area contributed by atoms with E-state index in [0.717, 1.165) is 48.4 Å². The summed E-state index contributed by atoms with van der Waals surface area (Å²) in [5.41, 5.74) is 5.83. The molecule has 39 heavy (non-hydrogen) atoms. The van der Waals surface area contributed by atoms with Gasteiger partial charge in [0.1, 0.15) is 5.65 Å². The average Bonchev–Trinajstić information content (AvgIpc) is 2.98. The van der Waals surface area contributed by atoms with Crippen molar-refractivity contribution in [1.29, 1.82) is 0 Å². The first-order valence-electron chi connectivity index (χ1n) is 13.2. The molecule has 0 saturated carbocycles. The SMILES string of the molecule is CCn1c(=O)c(-c2ccc(-c3ccccc3)cc2Cl)cc2cnc(Nc3ccc(N4CCNCC4)cc3)nc21. The van der Waals surface area contributed by atoms with Gasteiger partial charge in [0.15, 0.2) is 0 Å². The molecule has 0 spiro atoms. The van der Waals surface area contributed by atoms with Crippen LogP contribution in [0, 0.1) is 0 Å². The Hall–Kier alpha value is -4.20. The highest BCUT2D eigenvalue weighted by Crippen LogP contribution is 2.32. The van der Waals surface area contributed by atoms with E-state index < -0.39 is 0 Å². The number of halogens is 1. The lowest BCUT2D eigenvalue weighted by atomic mass is 10.0. The van der Waals surface area contributed by atoms with Crippen LogP contribution in [0.15, 0.2) is 89.9 Å². The summed E-state index contributed by atoms with van der Waals surface area (Å²) < 4.78 is 1.67. The zero-order valence-electron chi connectivity index (χ0n) is 21.7. The van der Waals surface area contributed by atoms with Gasteiger partial charge in [-0.25, -0.2) is 4.98 Å². The van der Waals surface area contributed by atoms with Gasteiger partial charge in [-0.05, 0) is 54.4 Å². The second kappa shape index (κ2) is 10.9. The molecule has 0 aliphatic carbocycles. The Balaban J connectivity index is 1.30. The molecule has 1 aliphatic heterocycles. The monoisotopic (exact) mass is 536 g/mol. The van der Waals surface area contributed by atoms with Crippen LogP contribution in [0.4, 0.5) is 17.3 Å². The van der Waals surface area contributed by atoms with Crippen LogP contribution in [0.2, 0.25) is 5.02 Å². The van der Waals surface area contributed by atoms with E-state index in [2.05, 4.69) is 32.7 Å². The smallest absolute Gasteiger partial charge is 0.260 e. The van der Waals surface area contributed by atoms with E-state index in [1.54, 1.807) is 10.8 Å². The summed E-state index contributed by atoms with van der Waals surface area (Å²) in [6, 6.07) is 26.0. The third kappa shape index (κ3) is 5.11. The summed E-state index contributed by atoms with van der Waals surface area (Å²) in [7, 11) is 0. The molecule has 2 aromatic heterocycles. The number of nitrogens with zero attached hydrogens (tertiary/aromatic N) is 4. The molecule has 0 atom stereocenters. The normalized spacial score (nSPS) is 13.5. The molecule has 3 aromatic carbocycles. The molecule has 3 heterocycles. The Kier molecular flexibility index (Phi) is 7.00. The van der Waals surface area contributed by atoms with Crippen molar-refractivity contribution in [2.24, 2.45) is 0 Å². The summed E-state index contributed by atoms with van der Waals surface area (Å²) in [6.07, 6.45) is 1.75. The number of aryl methyl sites for hydroxylation is 1. The first-order valence-corrected chi connectivity index (χ1v) is 13.6. The van der Waals surface area contributed by atoms with Crippen LogP contribution >= 0.6 is 11.6 Å². The quantitative estimate of drug-likeness (QED) is 0.279. The molecule has 0 bridgehead atoms. The van der Waals surface area contributed by atoms with Gasteiger partial charge < -0.3 is 15.5 Å². The number of aromatic nitrogens is 3. The first kappa shape index (κ1) is 25.1. The maximum Gasteiger partial charge on any atom is 0.260 e. The molecule has 7 nitrogen and oxygen atoms in total. The number of anilines is 3. The predicted octanol–water partition coefficient (Wildman–Crippen LogP) is 5.95. The summed E-state index contributed by atoms with van der Waals surface area (Å²) in [6.45, 7) is 6.40. The molecule has 8 heteroatoms. The lowest BCUT2D eigenvalue weighted by molar-refractivity contribution is 0.589. The standard InChI is InChI=1S/C31H29ClN6O/c1-2-38-29-23(18-27(30(38)39)26-13-8-22(19-28(26)32)21-6-4-3-5-7-21)20-34-31(36-29)35-24-9-11-25(12-10-24)37-16-14-33-15-17-37/h3-13,18-20,33H,2,14-17H2,1H3,(H,34,35,36). The van der Waals surface area contributed by atoms with Gasteiger partial charge in [-0.2, -0.15) is 4.98 Å². The van der Waals surface area contributed by atoms with Crippen LogP contribution in [0.1, 0.15) is 6.92 Å². The number of rotatable bonds is 6. The number of hydrogen-bond donors (Lipinski definition) is 2. The molecular formula is C31H29ClN6O. The van der Waals surface area contributed by atoms with Gasteiger partial charge >= 0.3 is 0 Å². The zero-order chi connectivity index (χ0) is 26.8. The molecular weight excluding hydrogens is 508 g/mol. The summed E-state index contributed by atoms with van der Waals surface area (Å²) >= 11 is 6.71. The first-order chi connectivity index (χ1) is 19.1. The van der Waals surface area contributed by atoms with Crippen molar-refractivity contribution in [2.75, 3.05) is 36.4 Å². The van der Waals surface area contributed by atoms with E-state index >= 15 is 0 Å². The molecule has 6 rings (SSSR count). The van der Waals surface area contributed by atoms with Crippen molar-refractivity contribution < 1.29 is 0 Å². The van der Waals surface area contributed by atoms with E-state index in [4.69, 9.17) is 16.6 Å². The number of fused-ring (bicyclic) bond motifs is 1. The lowest BCUT2D eigenvalue weighted by Crippen LogP contribution is -2.43. The highest BCUT2D eigenvalue weighted by molar-refractivity contribution is 6.33. The topological polar surface area (TPSA) is 75.1 Å². The predicted molar refractivity (Wildman–Crippen MR) is 160 cm³/mol. The van der Waals surface area contributed by atoms with Gasteiger partial charge in [0.2, 0.25) is 5.95 Å². The van der Waals surface area contributed by atoms with Crippen LogP contribution in [-0.4, -0.2) is 40.7 Å². The number of piperazine rings is 1. The minimum absolute atomic E-state index is 0.135. The molecule has 1 aliphatic rings. The number of nitrogens with one attached hydrogen (secondary N) is 2. The largest absolute Gasteiger partial charge is 0.369 e. The average molecular weight is 537 g/mol. The van der Waals surface area contributed by atoms with Crippen LogP contribution in [0.5, 0.6) is 0 Å². The maximum absolute atomic E-state index is 13.6. The van der Waals surface area contributed by atoms with Gasteiger partial charge in [0.05, 0.1) is 0 Å². The number of hydrogen-bond acceptors (Lipinski definition) is 6. The third-order valence-electron chi connectivity index (χ3n) is 7.12. The Bertz CT molecular complexity index is 1680. The summed E-state index contributed by atoms with van der Waals surface area (Å²) in [4.78, 5) is 25.2. The molecule has 0 amide bonds. The fourth-order valence-corrected chi connectivity index (χ4v) is 5.34. The second-order valence-corrected chi connectivity index (χ2v) is 9.96. The van der Waals surface area contributed by atoms with Crippen molar-refractivity contribution in [3.8, 4) is 22.3 Å². The highest BCUT2D eigenvalue weighted by Gasteiger charge is 2.16. The molecule has 2 N–H and O–H groups in total. The zero-order valence-corrected chi connectivity index (χ0v) is 22.4. The van der Waals surface area contributed by atoms with E-state index in [-0.39, 0.29) is 5.56 Å². The third-order valence-corrected chi connectivity index (χ3v) is 7.43. The van der Waals surface area contributed by atoms with Crippen molar-refractivity contribution in [3.63, 3.8) is 0 Å². The number of benzene rings is 3. The summed E-state index contributed by atoms with van der Waals surface area (Å²) in [5, 5.41) is 7.96. The fraction of sp³-hybridized carbons (Fsp3) is 0.194. The lowest BCUT2D eigenvalue weighted by Gasteiger charge is -2.29. The molecule has 0 unspecified atom stereocenters. The minimum Gasteiger partial charge on any atom is -0.369 e. The van der Waals surface area contributed by atoms with Crippen LogP contribution < -0.4 is 21.1 Å². The van der Waals surface area contributed by atoms with Gasteiger partial charge in [-0.15, -0.1) is 0 Å². The fourth-order valence-electron chi connectivity index (χ4n) is 5.06. The van der Waals surface area contributed by atoms with E-state index in [1.807, 2.05) is 73.7 Å². The second-order valence-electron chi connectivity index (χ2n) is 9.55. The maximum atomic E-state index is 13.6. The Morgan fingerprint density at radius 2 is 1.69 bits per heavy atom. The van der Waals surface area contributed by atoms with E-state index in [0.29, 0.717) is 34.3 Å². The Labute approximate surface area is 232 Å². The van der Waals surface area contributed by atoms with Crippen LogP contribution in [0.25, 0.3) is 33.3 Å². The van der Waals surface area contributed by atoms with Gasteiger partial charge in [0, 0.05) is 71.8 Å². The Morgan fingerprint density at radius 1 is 0.923 bits per heavy atom. The Morgan fingerprint density at radius 3 is 2.41 bits per heavy atom. The molecule has 0 radical (unpaired) electrons. The highest BCUT2D eigenvalue weighted by atomic mass is 35.5. The minimum atomic E-state index is -0.135.